The molecule has 0 aliphatic heterocycles. The van der Waals surface area contributed by atoms with Gasteiger partial charge in [-0.05, 0) is 80.7 Å². The van der Waals surface area contributed by atoms with Crippen LogP contribution in [0.15, 0.2) is 0 Å². The van der Waals surface area contributed by atoms with Crippen molar-refractivity contribution in [2.45, 2.75) is 128 Å². The predicted molar refractivity (Wildman–Crippen MR) is 221 cm³/mol. The first-order valence-electron chi connectivity index (χ1n) is 20.6. The van der Waals surface area contributed by atoms with Crippen molar-refractivity contribution in [1.82, 2.24) is 9.80 Å². The second-order valence-corrected chi connectivity index (χ2v) is 19.4. The van der Waals surface area contributed by atoms with E-state index in [1.165, 1.54) is 0 Å². The van der Waals surface area contributed by atoms with Crippen molar-refractivity contribution in [3.63, 3.8) is 0 Å². The first kappa shape index (κ1) is 53.7. The molecule has 0 amide bonds. The minimum absolute atomic E-state index is 0.242. The van der Waals surface area contributed by atoms with E-state index in [1.807, 2.05) is 0 Å². The van der Waals surface area contributed by atoms with Gasteiger partial charge in [0.05, 0.1) is 13.2 Å². The maximum Gasteiger partial charge on any atom is 0.0514 e. The average Bonchev–Trinajstić information content (AvgIpc) is 2.98. The normalized spacial score (nSPS) is 12.9. The summed E-state index contributed by atoms with van der Waals surface area (Å²) in [5.41, 5.74) is 1.22. The van der Waals surface area contributed by atoms with Crippen LogP contribution >= 0.6 is 0 Å². The lowest BCUT2D eigenvalue weighted by Gasteiger charge is -2.26. The van der Waals surface area contributed by atoms with Crippen LogP contribution in [0.25, 0.3) is 0 Å². The van der Waals surface area contributed by atoms with Crippen molar-refractivity contribution >= 4 is 0 Å². The Bertz CT molecular complexity index is 742. The summed E-state index contributed by atoms with van der Waals surface area (Å²) in [4.78, 5) is 4.77. The number of hydrogen-bond donors (Lipinski definition) is 0. The number of rotatable bonds is 32. The molecule has 0 saturated carbocycles. The quantitative estimate of drug-likeness (QED) is 0.0628. The van der Waals surface area contributed by atoms with E-state index in [2.05, 4.69) is 107 Å². The van der Waals surface area contributed by atoms with Crippen LogP contribution < -0.4 is 0 Å². The van der Waals surface area contributed by atoms with Gasteiger partial charge in [0.15, 0.2) is 0 Å². The van der Waals surface area contributed by atoms with E-state index in [0.717, 1.165) is 164 Å². The van der Waals surface area contributed by atoms with E-state index in [-0.39, 0.29) is 10.8 Å². The fourth-order valence-electron chi connectivity index (χ4n) is 5.23. The molecule has 0 aromatic carbocycles. The fourth-order valence-corrected chi connectivity index (χ4v) is 5.23. The molecule has 0 aliphatic carbocycles. The van der Waals surface area contributed by atoms with Gasteiger partial charge in [-0.1, -0.05) is 83.1 Å². The standard InChI is InChI=1S/C23H49NO4.C20H43NO3/c1-22(2,3)20-24(7)12-8-13-25-14-9-15-26-16-10-17-27-18-11-19-28-21-23(4,5)6;1-19(2,3)17-21(7)11-8-12-22-13-9-14-23-15-10-16-24-18-20(4,5)6/h8-21H2,1-7H3;8-18H2,1-7H3. The molecule has 0 heterocycles. The van der Waals surface area contributed by atoms with Crippen LogP contribution in [0.5, 0.6) is 0 Å². The highest BCUT2D eigenvalue weighted by atomic mass is 16.5. The van der Waals surface area contributed by atoms with Crippen LogP contribution in [0.1, 0.15) is 128 Å². The molecule has 0 rings (SSSR count). The molecule has 0 spiro atoms. The van der Waals surface area contributed by atoms with Gasteiger partial charge in [-0.15, -0.1) is 0 Å². The molecule has 9 heteroatoms. The smallest absolute Gasteiger partial charge is 0.0514 e. The molecule has 0 fully saturated rings. The molecule has 0 aromatic rings. The minimum Gasteiger partial charge on any atom is -0.381 e. The molecule has 0 atom stereocenters. The van der Waals surface area contributed by atoms with Gasteiger partial charge in [-0.25, -0.2) is 0 Å². The Labute approximate surface area is 324 Å². The lowest BCUT2D eigenvalue weighted by atomic mass is 9.96. The van der Waals surface area contributed by atoms with Gasteiger partial charge in [0.1, 0.15) is 0 Å². The maximum atomic E-state index is 5.68. The lowest BCUT2D eigenvalue weighted by Crippen LogP contribution is -2.30. The van der Waals surface area contributed by atoms with E-state index < -0.39 is 0 Å². The first-order chi connectivity index (χ1) is 24.2. The van der Waals surface area contributed by atoms with Gasteiger partial charge in [-0.3, -0.25) is 0 Å². The van der Waals surface area contributed by atoms with Crippen molar-refractivity contribution in [3.8, 4) is 0 Å². The fraction of sp³-hybridized carbons (Fsp3) is 1.00. The molecule has 0 unspecified atom stereocenters. The summed E-state index contributed by atoms with van der Waals surface area (Å²) < 4.78 is 39.4. The summed E-state index contributed by atoms with van der Waals surface area (Å²) in [5.74, 6) is 0. The molecule has 9 nitrogen and oxygen atoms in total. The molecule has 0 bridgehead atoms. The van der Waals surface area contributed by atoms with Crippen LogP contribution in [0.3, 0.4) is 0 Å². The van der Waals surface area contributed by atoms with Crippen LogP contribution in [0, 0.1) is 21.7 Å². The third-order valence-electron chi connectivity index (χ3n) is 7.10. The number of hydrogen-bond acceptors (Lipinski definition) is 9. The molecule has 52 heavy (non-hydrogen) atoms. The zero-order valence-corrected chi connectivity index (χ0v) is 37.4. The Morgan fingerprint density at radius 3 is 0.712 bits per heavy atom. The summed E-state index contributed by atoms with van der Waals surface area (Å²) in [6.45, 7) is 42.3. The maximum absolute atomic E-state index is 5.68. The molecule has 0 saturated heterocycles. The molecule has 0 aliphatic rings. The van der Waals surface area contributed by atoms with Gasteiger partial charge in [-0.2, -0.15) is 0 Å². The Hall–Kier alpha value is -0.360. The third-order valence-corrected chi connectivity index (χ3v) is 7.10. The van der Waals surface area contributed by atoms with E-state index in [1.54, 1.807) is 0 Å². The van der Waals surface area contributed by atoms with Crippen LogP contribution in [0.4, 0.5) is 0 Å². The third kappa shape index (κ3) is 51.7. The second-order valence-electron chi connectivity index (χ2n) is 19.4. The molecule has 0 aromatic heterocycles. The van der Waals surface area contributed by atoms with Crippen LogP contribution in [-0.2, 0) is 33.2 Å². The van der Waals surface area contributed by atoms with Crippen molar-refractivity contribution in [2.24, 2.45) is 21.7 Å². The summed E-state index contributed by atoms with van der Waals surface area (Å²) in [6, 6.07) is 0. The Morgan fingerprint density at radius 1 is 0.288 bits per heavy atom. The zero-order valence-electron chi connectivity index (χ0n) is 37.4. The topological polar surface area (TPSA) is 71.1 Å². The Kier molecular flexibility index (Phi) is 33.9. The highest BCUT2D eigenvalue weighted by Gasteiger charge is 2.14. The first-order valence-corrected chi connectivity index (χ1v) is 20.6. The lowest BCUT2D eigenvalue weighted by molar-refractivity contribution is 0.0391. The van der Waals surface area contributed by atoms with Crippen LogP contribution in [0.2, 0.25) is 0 Å². The predicted octanol–water partition coefficient (Wildman–Crippen LogP) is 8.87. The SMILES string of the molecule is CN(CCCOCCCOCCCOCC(C)(C)C)CC(C)(C)C.CN(CCCOCCCOCCCOCCCOCC(C)(C)C)CC(C)(C)C. The van der Waals surface area contributed by atoms with Crippen molar-refractivity contribution in [3.05, 3.63) is 0 Å². The summed E-state index contributed by atoms with van der Waals surface area (Å²) in [5, 5.41) is 0. The van der Waals surface area contributed by atoms with Crippen molar-refractivity contribution < 1.29 is 33.2 Å². The summed E-state index contributed by atoms with van der Waals surface area (Å²) >= 11 is 0. The zero-order chi connectivity index (χ0) is 39.8. The molecule has 0 N–H and O–H groups in total. The van der Waals surface area contributed by atoms with Gasteiger partial charge < -0.3 is 43.0 Å². The monoisotopic (exact) mass is 749 g/mol. The summed E-state index contributed by atoms with van der Waals surface area (Å²) in [7, 11) is 4.37. The van der Waals surface area contributed by atoms with E-state index in [9.17, 15) is 0 Å². The average molecular weight is 749 g/mol. The second kappa shape index (κ2) is 32.8. The van der Waals surface area contributed by atoms with Crippen molar-refractivity contribution in [1.29, 1.82) is 0 Å². The number of nitrogens with zero attached hydrogens (tertiary/aromatic N) is 2. The highest BCUT2D eigenvalue weighted by Crippen LogP contribution is 2.15. The van der Waals surface area contributed by atoms with E-state index in [0.29, 0.717) is 10.8 Å². The van der Waals surface area contributed by atoms with Crippen molar-refractivity contribution in [2.75, 3.05) is 133 Å². The van der Waals surface area contributed by atoms with Gasteiger partial charge in [0, 0.05) is 105 Å². The van der Waals surface area contributed by atoms with E-state index in [4.69, 9.17) is 33.2 Å². The summed E-state index contributed by atoms with van der Waals surface area (Å²) in [6.07, 6.45) is 7.00. The Balaban J connectivity index is 0. The minimum atomic E-state index is 0.242. The molecule has 0 radical (unpaired) electrons. The highest BCUT2D eigenvalue weighted by molar-refractivity contribution is 4.67. The number of ether oxygens (including phenoxy) is 7. The molecular weight excluding hydrogens is 656 g/mol. The van der Waals surface area contributed by atoms with Gasteiger partial charge >= 0.3 is 0 Å². The molecule has 316 valence electrons. The van der Waals surface area contributed by atoms with E-state index >= 15 is 0 Å². The Morgan fingerprint density at radius 2 is 0.500 bits per heavy atom. The van der Waals surface area contributed by atoms with Gasteiger partial charge in [0.2, 0.25) is 0 Å². The van der Waals surface area contributed by atoms with Crippen LogP contribution in [-0.4, -0.2) is 143 Å². The molecular formula is C43H92N2O7. The largest absolute Gasteiger partial charge is 0.381 e. The van der Waals surface area contributed by atoms with Gasteiger partial charge in [0.25, 0.3) is 0 Å².